The quantitative estimate of drug-likeness (QED) is 0.596. The Bertz CT molecular complexity index is 695. The number of alkyl halides is 2. The van der Waals surface area contributed by atoms with E-state index >= 15 is 0 Å². The van der Waals surface area contributed by atoms with E-state index in [2.05, 4.69) is 22.0 Å². The van der Waals surface area contributed by atoms with Crippen LogP contribution in [0.3, 0.4) is 0 Å². The van der Waals surface area contributed by atoms with E-state index in [1.807, 2.05) is 6.92 Å². The van der Waals surface area contributed by atoms with E-state index in [-0.39, 0.29) is 16.9 Å². The van der Waals surface area contributed by atoms with Crippen LogP contribution < -0.4 is 10.1 Å². The second-order valence-electron chi connectivity index (χ2n) is 5.27. The number of unbranched alkanes of at least 4 members (excludes halogenated alkanes) is 1. The average Bonchev–Trinajstić information content (AvgIpc) is 3.03. The Kier molecular flexibility index (Phi) is 7.64. The van der Waals surface area contributed by atoms with Gasteiger partial charge in [0.05, 0.1) is 10.9 Å². The van der Waals surface area contributed by atoms with Crippen LogP contribution in [0, 0.1) is 0 Å². The highest BCUT2D eigenvalue weighted by molar-refractivity contribution is 8.00. The summed E-state index contributed by atoms with van der Waals surface area (Å²) in [5, 5.41) is 4.75. The highest BCUT2D eigenvalue weighted by Gasteiger charge is 2.17. The lowest BCUT2D eigenvalue weighted by atomic mass is 10.1. The molecule has 1 aromatic heterocycles. The van der Waals surface area contributed by atoms with Gasteiger partial charge in [-0.05, 0) is 31.2 Å². The molecule has 1 aromatic carbocycles. The second-order valence-corrected chi connectivity index (χ2v) is 7.58. The number of para-hydroxylation sites is 1. The van der Waals surface area contributed by atoms with Gasteiger partial charge in [0.25, 0.3) is 0 Å². The van der Waals surface area contributed by atoms with Crippen molar-refractivity contribution in [3.8, 4) is 17.0 Å². The highest BCUT2D eigenvalue weighted by atomic mass is 32.2. The summed E-state index contributed by atoms with van der Waals surface area (Å²) in [7, 11) is 0. The first-order valence-electron chi connectivity index (χ1n) is 7.93. The van der Waals surface area contributed by atoms with Gasteiger partial charge in [-0.15, -0.1) is 23.1 Å². The average molecular weight is 386 g/mol. The number of nitrogens with one attached hydrogen (secondary N) is 1. The van der Waals surface area contributed by atoms with E-state index < -0.39 is 6.61 Å². The second kappa shape index (κ2) is 9.72. The van der Waals surface area contributed by atoms with Crippen LogP contribution in [0.1, 0.15) is 26.7 Å². The van der Waals surface area contributed by atoms with Crippen LogP contribution in [0.5, 0.6) is 5.75 Å². The Hall–Kier alpha value is -1.67. The Labute approximate surface area is 154 Å². The first kappa shape index (κ1) is 19.7. The molecule has 1 unspecified atom stereocenters. The normalized spacial score (nSPS) is 12.2. The minimum absolute atomic E-state index is 0.0594. The molecule has 25 heavy (non-hydrogen) atoms. The molecule has 4 nitrogen and oxygen atoms in total. The maximum Gasteiger partial charge on any atom is 0.387 e. The number of halogens is 2. The van der Waals surface area contributed by atoms with Gasteiger partial charge in [-0.1, -0.05) is 25.5 Å². The number of thioether (sulfide) groups is 1. The summed E-state index contributed by atoms with van der Waals surface area (Å²) in [5.74, 6) is 0.885. The van der Waals surface area contributed by atoms with Crippen molar-refractivity contribution in [2.75, 3.05) is 11.1 Å². The van der Waals surface area contributed by atoms with Crippen LogP contribution in [0.15, 0.2) is 29.6 Å². The summed E-state index contributed by atoms with van der Waals surface area (Å²) in [6.07, 6.45) is 2.17. The molecule has 0 aliphatic rings. The van der Waals surface area contributed by atoms with E-state index in [9.17, 15) is 13.6 Å². The largest absolute Gasteiger partial charge is 0.434 e. The van der Waals surface area contributed by atoms with Crippen molar-refractivity contribution in [3.63, 3.8) is 0 Å². The van der Waals surface area contributed by atoms with Crippen molar-refractivity contribution in [2.45, 2.75) is 38.6 Å². The third kappa shape index (κ3) is 5.97. The first-order valence-corrected chi connectivity index (χ1v) is 9.86. The fourth-order valence-electron chi connectivity index (χ4n) is 2.02. The van der Waals surface area contributed by atoms with Gasteiger partial charge < -0.3 is 10.1 Å². The van der Waals surface area contributed by atoms with Crippen LogP contribution in [-0.2, 0) is 4.79 Å². The number of amides is 1. The number of nitrogens with zero attached hydrogens (tertiary/aromatic N) is 1. The summed E-state index contributed by atoms with van der Waals surface area (Å²) in [6.45, 7) is 1.06. The molecular weight excluding hydrogens is 366 g/mol. The fourth-order valence-corrected chi connectivity index (χ4v) is 3.75. The molecule has 0 bridgehead atoms. The van der Waals surface area contributed by atoms with Crippen molar-refractivity contribution < 1.29 is 18.3 Å². The van der Waals surface area contributed by atoms with E-state index in [1.165, 1.54) is 17.4 Å². The van der Waals surface area contributed by atoms with Gasteiger partial charge in [0.15, 0.2) is 5.13 Å². The predicted molar refractivity (Wildman–Crippen MR) is 99.6 cm³/mol. The molecule has 0 saturated heterocycles. The zero-order chi connectivity index (χ0) is 18.2. The van der Waals surface area contributed by atoms with Gasteiger partial charge in [0.2, 0.25) is 5.91 Å². The molecule has 2 aromatic rings. The number of carbonyl (C=O) groups is 1. The molecule has 0 fully saturated rings. The lowest BCUT2D eigenvalue weighted by Crippen LogP contribution is -2.22. The molecule has 1 N–H and O–H groups in total. The number of thiazole rings is 1. The number of aromatic nitrogens is 1. The molecule has 0 radical (unpaired) electrons. The molecule has 0 aliphatic heterocycles. The van der Waals surface area contributed by atoms with Crippen molar-refractivity contribution in [1.82, 2.24) is 4.98 Å². The minimum atomic E-state index is -2.90. The Morgan fingerprint density at radius 3 is 2.88 bits per heavy atom. The van der Waals surface area contributed by atoms with Gasteiger partial charge in [0, 0.05) is 10.9 Å². The lowest BCUT2D eigenvalue weighted by Gasteiger charge is -2.10. The van der Waals surface area contributed by atoms with Gasteiger partial charge in [-0.25, -0.2) is 4.98 Å². The number of hydrogen-bond acceptors (Lipinski definition) is 5. The topological polar surface area (TPSA) is 51.2 Å². The van der Waals surface area contributed by atoms with Crippen LogP contribution in [0.2, 0.25) is 0 Å². The van der Waals surface area contributed by atoms with Crippen LogP contribution in [-0.4, -0.2) is 28.5 Å². The number of benzene rings is 1. The van der Waals surface area contributed by atoms with E-state index in [1.54, 1.807) is 35.3 Å². The SMILES string of the molecule is CCCCSC(C)C(=O)Nc1nc(-c2ccccc2OC(F)F)cs1. The predicted octanol–water partition coefficient (Wildman–Crippen LogP) is 5.27. The van der Waals surface area contributed by atoms with Crippen LogP contribution >= 0.6 is 23.1 Å². The summed E-state index contributed by atoms with van der Waals surface area (Å²) in [5.41, 5.74) is 0.952. The standard InChI is InChI=1S/C17H20F2N2O2S2/c1-3-4-9-24-11(2)15(22)21-17-20-13(10-25-17)12-7-5-6-8-14(12)23-16(18)19/h5-8,10-11,16H,3-4,9H2,1-2H3,(H,20,21,22). The molecule has 8 heteroatoms. The Morgan fingerprint density at radius 1 is 1.40 bits per heavy atom. The monoisotopic (exact) mass is 386 g/mol. The molecule has 136 valence electrons. The number of hydrogen-bond donors (Lipinski definition) is 1. The maximum atomic E-state index is 12.5. The third-order valence-electron chi connectivity index (χ3n) is 3.35. The molecule has 1 atom stereocenters. The van der Waals surface area contributed by atoms with Gasteiger partial charge in [0.1, 0.15) is 5.75 Å². The van der Waals surface area contributed by atoms with Crippen molar-refractivity contribution in [2.24, 2.45) is 0 Å². The molecule has 0 spiro atoms. The molecule has 2 rings (SSSR count). The highest BCUT2D eigenvalue weighted by Crippen LogP contribution is 2.33. The van der Waals surface area contributed by atoms with Crippen LogP contribution in [0.4, 0.5) is 13.9 Å². The zero-order valence-corrected chi connectivity index (χ0v) is 15.6. The summed E-state index contributed by atoms with van der Waals surface area (Å²) >= 11 is 2.85. The maximum absolute atomic E-state index is 12.5. The summed E-state index contributed by atoms with van der Waals surface area (Å²) < 4.78 is 29.5. The smallest absolute Gasteiger partial charge is 0.387 e. The van der Waals surface area contributed by atoms with E-state index in [0.29, 0.717) is 16.4 Å². The van der Waals surface area contributed by atoms with Gasteiger partial charge in [-0.2, -0.15) is 8.78 Å². The van der Waals surface area contributed by atoms with Crippen molar-refractivity contribution in [3.05, 3.63) is 29.6 Å². The number of rotatable bonds is 9. The number of ether oxygens (including phenoxy) is 1. The molecular formula is C17H20F2N2O2S2. The van der Waals surface area contributed by atoms with Gasteiger partial charge in [-0.3, -0.25) is 4.79 Å². The summed E-state index contributed by atoms with van der Waals surface area (Å²) in [4.78, 5) is 16.5. The molecule has 1 heterocycles. The minimum Gasteiger partial charge on any atom is -0.434 e. The third-order valence-corrected chi connectivity index (χ3v) is 5.34. The fraction of sp³-hybridized carbons (Fsp3) is 0.412. The van der Waals surface area contributed by atoms with Crippen molar-refractivity contribution in [1.29, 1.82) is 0 Å². The Balaban J connectivity index is 2.04. The van der Waals surface area contributed by atoms with Crippen LogP contribution in [0.25, 0.3) is 11.3 Å². The molecule has 0 aliphatic carbocycles. The zero-order valence-electron chi connectivity index (χ0n) is 14.0. The first-order chi connectivity index (χ1) is 12.0. The summed E-state index contributed by atoms with van der Waals surface area (Å²) in [6, 6.07) is 6.45. The molecule has 1 amide bonds. The van der Waals surface area contributed by atoms with E-state index in [4.69, 9.17) is 0 Å². The number of carbonyl (C=O) groups excluding carboxylic acids is 1. The van der Waals surface area contributed by atoms with Crippen molar-refractivity contribution >= 4 is 34.1 Å². The van der Waals surface area contributed by atoms with E-state index in [0.717, 1.165) is 18.6 Å². The molecule has 0 saturated carbocycles. The lowest BCUT2D eigenvalue weighted by molar-refractivity contribution is -0.115. The van der Waals surface area contributed by atoms with Gasteiger partial charge >= 0.3 is 6.61 Å². The Morgan fingerprint density at radius 2 is 2.16 bits per heavy atom. The number of anilines is 1.